The van der Waals surface area contributed by atoms with E-state index in [9.17, 15) is 22.8 Å². The van der Waals surface area contributed by atoms with Gasteiger partial charge < -0.3 is 4.74 Å². The van der Waals surface area contributed by atoms with E-state index in [0.717, 1.165) is 40.6 Å². The third-order valence-corrected chi connectivity index (χ3v) is 7.11. The van der Waals surface area contributed by atoms with Crippen LogP contribution in [0.4, 0.5) is 45.5 Å². The average Bonchev–Trinajstić information content (AvgIpc) is 3.01. The first-order valence-electron chi connectivity index (χ1n) is 12.5. The second-order valence-corrected chi connectivity index (χ2v) is 9.59. The summed E-state index contributed by atoms with van der Waals surface area (Å²) >= 11 is 6.63. The van der Waals surface area contributed by atoms with Crippen LogP contribution in [0.2, 0.25) is 5.02 Å². The third kappa shape index (κ3) is 5.32. The van der Waals surface area contributed by atoms with Gasteiger partial charge in [-0.25, -0.2) is 14.5 Å². The summed E-state index contributed by atoms with van der Waals surface area (Å²) in [5.74, 6) is 0. The summed E-state index contributed by atoms with van der Waals surface area (Å²) in [4.78, 5) is 33.5. The molecule has 39 heavy (non-hydrogen) atoms. The molecule has 0 unspecified atom stereocenters. The molecule has 3 aromatic carbocycles. The Kier molecular flexibility index (Phi) is 7.53. The van der Waals surface area contributed by atoms with Crippen LogP contribution in [-0.2, 0) is 17.5 Å². The third-order valence-electron chi connectivity index (χ3n) is 6.76. The summed E-state index contributed by atoms with van der Waals surface area (Å²) in [6.07, 6.45) is -4.64. The molecule has 7 nitrogen and oxygen atoms in total. The number of ether oxygens (including phenoxy) is 1. The maximum atomic E-state index is 14.1. The summed E-state index contributed by atoms with van der Waals surface area (Å²) in [5.41, 5.74) is 0.557. The lowest BCUT2D eigenvalue weighted by molar-refractivity contribution is -0.137. The Labute approximate surface area is 228 Å². The van der Waals surface area contributed by atoms with E-state index in [4.69, 9.17) is 16.3 Å². The van der Waals surface area contributed by atoms with Crippen LogP contribution < -0.4 is 14.7 Å². The van der Waals surface area contributed by atoms with Crippen molar-refractivity contribution in [3.05, 3.63) is 82.9 Å². The summed E-state index contributed by atoms with van der Waals surface area (Å²) < 4.78 is 46.5. The van der Waals surface area contributed by atoms with Crippen LogP contribution in [0.1, 0.15) is 18.1 Å². The number of halogens is 4. The highest BCUT2D eigenvalue weighted by atomic mass is 35.5. The van der Waals surface area contributed by atoms with Gasteiger partial charge in [0, 0.05) is 31.2 Å². The fraction of sp³-hybridized carbons (Fsp3) is 0.286. The number of alkyl halides is 3. The zero-order valence-electron chi connectivity index (χ0n) is 21.1. The number of urea groups is 2. The van der Waals surface area contributed by atoms with E-state index in [-0.39, 0.29) is 23.6 Å². The van der Waals surface area contributed by atoms with Crippen molar-refractivity contribution in [2.75, 3.05) is 47.5 Å². The molecule has 0 bridgehead atoms. The van der Waals surface area contributed by atoms with Gasteiger partial charge in [-0.1, -0.05) is 35.9 Å². The largest absolute Gasteiger partial charge is 0.416 e. The molecule has 4 amide bonds. The molecule has 11 heteroatoms. The molecule has 3 aromatic rings. The van der Waals surface area contributed by atoms with Crippen LogP contribution in [0, 0.1) is 0 Å². The molecule has 0 aromatic heterocycles. The Morgan fingerprint density at radius 2 is 1.56 bits per heavy atom. The molecule has 2 heterocycles. The summed E-state index contributed by atoms with van der Waals surface area (Å²) in [6, 6.07) is 14.7. The number of para-hydroxylation sites is 1. The molecule has 2 aliphatic rings. The highest BCUT2D eigenvalue weighted by molar-refractivity contribution is 6.33. The molecular formula is C28H26ClF3N4O3. The van der Waals surface area contributed by atoms with Crippen molar-refractivity contribution in [2.24, 2.45) is 0 Å². The number of benzene rings is 3. The number of rotatable bonds is 5. The molecule has 204 valence electrons. The number of anilines is 4. The molecule has 0 aliphatic carbocycles. The molecular weight excluding hydrogens is 533 g/mol. The van der Waals surface area contributed by atoms with Crippen LogP contribution >= 0.6 is 11.6 Å². The average molecular weight is 559 g/mol. The van der Waals surface area contributed by atoms with Gasteiger partial charge in [0.15, 0.2) is 0 Å². The zero-order valence-corrected chi connectivity index (χ0v) is 21.9. The van der Waals surface area contributed by atoms with Crippen molar-refractivity contribution < 1.29 is 27.5 Å². The second kappa shape index (κ2) is 10.9. The molecule has 0 radical (unpaired) electrons. The molecule has 1 fully saturated rings. The number of amides is 4. The maximum absolute atomic E-state index is 14.1. The molecule has 0 spiro atoms. The van der Waals surface area contributed by atoms with Crippen LogP contribution in [0.25, 0.3) is 0 Å². The normalized spacial score (nSPS) is 16.9. The summed E-state index contributed by atoms with van der Waals surface area (Å²) in [6.45, 7) is 5.17. The summed E-state index contributed by atoms with van der Waals surface area (Å²) in [7, 11) is 0. The number of hydrogen-bond donors (Lipinski definition) is 0. The quantitative estimate of drug-likeness (QED) is 0.341. The topological polar surface area (TPSA) is 56.3 Å². The smallest absolute Gasteiger partial charge is 0.379 e. The van der Waals surface area contributed by atoms with E-state index in [1.54, 1.807) is 55.5 Å². The number of morpholine rings is 1. The number of imide groups is 1. The van der Waals surface area contributed by atoms with Gasteiger partial charge in [0.1, 0.15) is 0 Å². The van der Waals surface area contributed by atoms with Gasteiger partial charge in [-0.15, -0.1) is 0 Å². The van der Waals surface area contributed by atoms with Crippen molar-refractivity contribution in [2.45, 2.75) is 19.6 Å². The van der Waals surface area contributed by atoms with Crippen LogP contribution in [0.15, 0.2) is 66.7 Å². The Morgan fingerprint density at radius 3 is 2.21 bits per heavy atom. The predicted octanol–water partition coefficient (Wildman–Crippen LogP) is 6.92. The Bertz CT molecular complexity index is 1380. The molecule has 2 aliphatic heterocycles. The van der Waals surface area contributed by atoms with E-state index in [2.05, 4.69) is 4.90 Å². The van der Waals surface area contributed by atoms with E-state index in [1.807, 2.05) is 0 Å². The van der Waals surface area contributed by atoms with Gasteiger partial charge in [-0.2, -0.15) is 13.2 Å². The van der Waals surface area contributed by atoms with Crippen molar-refractivity contribution >= 4 is 46.4 Å². The van der Waals surface area contributed by atoms with E-state index in [0.29, 0.717) is 30.5 Å². The maximum Gasteiger partial charge on any atom is 0.416 e. The van der Waals surface area contributed by atoms with Gasteiger partial charge in [0.2, 0.25) is 0 Å². The van der Waals surface area contributed by atoms with E-state index < -0.39 is 23.8 Å². The Hall–Kier alpha value is -3.60. The highest BCUT2D eigenvalue weighted by Gasteiger charge is 2.41. The van der Waals surface area contributed by atoms with Gasteiger partial charge in [0.25, 0.3) is 0 Å². The lowest BCUT2D eigenvalue weighted by atomic mass is 10.1. The van der Waals surface area contributed by atoms with Crippen molar-refractivity contribution in [3.63, 3.8) is 0 Å². The molecule has 5 rings (SSSR count). The van der Waals surface area contributed by atoms with Crippen LogP contribution in [-0.4, -0.2) is 49.8 Å². The lowest BCUT2D eigenvalue weighted by Gasteiger charge is -2.29. The van der Waals surface area contributed by atoms with Crippen molar-refractivity contribution in [1.82, 2.24) is 4.90 Å². The zero-order chi connectivity index (χ0) is 27.7. The fourth-order valence-corrected chi connectivity index (χ4v) is 5.01. The number of hydrogen-bond acceptors (Lipinski definition) is 4. The van der Waals surface area contributed by atoms with Crippen molar-refractivity contribution in [3.8, 4) is 0 Å². The second-order valence-electron chi connectivity index (χ2n) is 9.18. The number of carbonyl (C=O) groups excluding carboxylic acids is 2. The van der Waals surface area contributed by atoms with Gasteiger partial charge in [0.05, 0.1) is 41.5 Å². The molecule has 0 atom stereocenters. The minimum absolute atomic E-state index is 0.0474. The van der Waals surface area contributed by atoms with Crippen LogP contribution in [0.3, 0.4) is 0 Å². The first-order valence-corrected chi connectivity index (χ1v) is 12.9. The fourth-order valence-electron chi connectivity index (χ4n) is 4.77. The monoisotopic (exact) mass is 558 g/mol. The van der Waals surface area contributed by atoms with Crippen LogP contribution in [0.5, 0.6) is 0 Å². The standard InChI is InChI=1S/C28H26ClF3N4O3/c1-2-34-24-11-9-20(28(30,31)32)16-25(24)35(21-6-4-3-5-7-21)27(38)36(26(34)37)22-10-8-19(23(29)17-22)18-33-12-14-39-15-13-33/h3-11,16-17H,2,12-15,18H2,1H3. The molecule has 0 saturated carbocycles. The van der Waals surface area contributed by atoms with Crippen molar-refractivity contribution in [1.29, 1.82) is 0 Å². The Morgan fingerprint density at radius 1 is 0.846 bits per heavy atom. The predicted molar refractivity (Wildman–Crippen MR) is 144 cm³/mol. The number of nitrogens with zero attached hydrogens (tertiary/aromatic N) is 4. The van der Waals surface area contributed by atoms with Gasteiger partial charge >= 0.3 is 18.2 Å². The molecule has 1 saturated heterocycles. The first kappa shape index (κ1) is 27.0. The minimum atomic E-state index is -4.64. The summed E-state index contributed by atoms with van der Waals surface area (Å²) in [5, 5.41) is 0.370. The lowest BCUT2D eigenvalue weighted by Crippen LogP contribution is -2.48. The van der Waals surface area contributed by atoms with Gasteiger partial charge in [-0.05, 0) is 55.0 Å². The first-order chi connectivity index (χ1) is 18.7. The number of carbonyl (C=O) groups is 2. The molecule has 0 N–H and O–H groups in total. The minimum Gasteiger partial charge on any atom is -0.379 e. The SMILES string of the molecule is CCN1C(=O)N(c2ccc(CN3CCOCC3)c(Cl)c2)C(=O)N(c2ccccc2)c2cc(C(F)(F)F)ccc21. The number of fused-ring (bicyclic) bond motifs is 1. The van der Waals surface area contributed by atoms with E-state index in [1.165, 1.54) is 11.0 Å². The van der Waals surface area contributed by atoms with E-state index >= 15 is 0 Å². The Balaban J connectivity index is 1.61. The van der Waals surface area contributed by atoms with Gasteiger partial charge in [-0.3, -0.25) is 14.7 Å². The highest BCUT2D eigenvalue weighted by Crippen LogP contribution is 2.43.